The summed E-state index contributed by atoms with van der Waals surface area (Å²) in [5.41, 5.74) is 4.97. The average molecular weight is 412 g/mol. The summed E-state index contributed by atoms with van der Waals surface area (Å²) in [6.45, 7) is 2.52. The molecule has 0 bridgehead atoms. The van der Waals surface area contributed by atoms with Gasteiger partial charge in [0.15, 0.2) is 0 Å². The van der Waals surface area contributed by atoms with Crippen molar-refractivity contribution in [3.63, 3.8) is 0 Å². The van der Waals surface area contributed by atoms with Crippen LogP contribution in [0.2, 0.25) is 0 Å². The predicted molar refractivity (Wildman–Crippen MR) is 121 cm³/mol. The number of nitrogens with zero attached hydrogens (tertiary/aromatic N) is 3. The van der Waals surface area contributed by atoms with Gasteiger partial charge in [-0.15, -0.1) is 0 Å². The second kappa shape index (κ2) is 9.26. The first-order valence-corrected chi connectivity index (χ1v) is 10.1. The van der Waals surface area contributed by atoms with Crippen LogP contribution < -0.4 is 10.1 Å². The lowest BCUT2D eigenvalue weighted by molar-refractivity contribution is 0.0946. The van der Waals surface area contributed by atoms with Crippen molar-refractivity contribution < 1.29 is 9.53 Å². The van der Waals surface area contributed by atoms with Gasteiger partial charge in [-0.05, 0) is 49.4 Å². The molecule has 0 radical (unpaired) electrons. The zero-order valence-electron chi connectivity index (χ0n) is 17.6. The number of aromatic nitrogens is 3. The number of ether oxygens (including phenoxy) is 1. The monoisotopic (exact) mass is 412 g/mol. The molecule has 0 unspecified atom stereocenters. The number of nitrogens with one attached hydrogen (secondary N) is 1. The van der Waals surface area contributed by atoms with E-state index in [0.29, 0.717) is 24.4 Å². The van der Waals surface area contributed by atoms with Crippen molar-refractivity contribution in [3.05, 3.63) is 95.9 Å². The molecule has 1 amide bonds. The van der Waals surface area contributed by atoms with Gasteiger partial charge in [-0.25, -0.2) is 4.68 Å². The van der Waals surface area contributed by atoms with E-state index in [0.717, 1.165) is 28.3 Å². The van der Waals surface area contributed by atoms with Crippen LogP contribution >= 0.6 is 0 Å². The molecule has 0 saturated carbocycles. The maximum atomic E-state index is 13.0. The maximum absolute atomic E-state index is 13.0. The summed E-state index contributed by atoms with van der Waals surface area (Å²) in [5.74, 6) is 0.557. The highest BCUT2D eigenvalue weighted by Crippen LogP contribution is 2.25. The summed E-state index contributed by atoms with van der Waals surface area (Å²) in [5, 5.41) is 7.72. The minimum absolute atomic E-state index is 0.182. The van der Waals surface area contributed by atoms with Gasteiger partial charge in [0.05, 0.1) is 18.5 Å². The average Bonchev–Trinajstić information content (AvgIpc) is 3.26. The summed E-state index contributed by atoms with van der Waals surface area (Å²) < 4.78 is 7.02. The third-order valence-electron chi connectivity index (χ3n) is 4.98. The fourth-order valence-corrected chi connectivity index (χ4v) is 3.29. The van der Waals surface area contributed by atoms with Crippen molar-refractivity contribution in [3.8, 4) is 22.7 Å². The second-order valence-corrected chi connectivity index (χ2v) is 7.22. The second-order valence-electron chi connectivity index (χ2n) is 7.22. The molecule has 6 heteroatoms. The molecule has 156 valence electrons. The van der Waals surface area contributed by atoms with Crippen molar-refractivity contribution in [2.24, 2.45) is 0 Å². The smallest absolute Gasteiger partial charge is 0.270 e. The summed E-state index contributed by atoms with van der Waals surface area (Å²) in [6.07, 6.45) is 2.41. The van der Waals surface area contributed by atoms with Gasteiger partial charge in [0.2, 0.25) is 0 Å². The number of benzene rings is 2. The Kier molecular flexibility index (Phi) is 6.08. The van der Waals surface area contributed by atoms with Crippen LogP contribution in [-0.2, 0) is 6.42 Å². The van der Waals surface area contributed by atoms with E-state index in [1.165, 1.54) is 0 Å². The molecule has 0 atom stereocenters. The lowest BCUT2D eigenvalue weighted by atomic mass is 10.1. The Morgan fingerprint density at radius 2 is 1.87 bits per heavy atom. The van der Waals surface area contributed by atoms with Crippen molar-refractivity contribution in [2.45, 2.75) is 13.3 Å². The largest absolute Gasteiger partial charge is 0.497 e. The van der Waals surface area contributed by atoms with Crippen LogP contribution in [0.5, 0.6) is 5.75 Å². The normalized spacial score (nSPS) is 10.6. The Bertz CT molecular complexity index is 1170. The highest BCUT2D eigenvalue weighted by molar-refractivity contribution is 5.94. The highest BCUT2D eigenvalue weighted by atomic mass is 16.5. The van der Waals surface area contributed by atoms with Crippen LogP contribution in [0.15, 0.2) is 79.0 Å². The van der Waals surface area contributed by atoms with Crippen LogP contribution in [0.1, 0.15) is 21.7 Å². The minimum Gasteiger partial charge on any atom is -0.497 e. The molecular weight excluding hydrogens is 388 g/mol. The Morgan fingerprint density at radius 1 is 1.03 bits per heavy atom. The van der Waals surface area contributed by atoms with E-state index in [1.54, 1.807) is 18.0 Å². The topological polar surface area (TPSA) is 69.0 Å². The zero-order chi connectivity index (χ0) is 21.6. The molecule has 0 aliphatic carbocycles. The van der Waals surface area contributed by atoms with Gasteiger partial charge >= 0.3 is 0 Å². The molecule has 0 saturated heterocycles. The first-order chi connectivity index (χ1) is 15.1. The Morgan fingerprint density at radius 3 is 2.61 bits per heavy atom. The molecule has 0 spiro atoms. The molecule has 2 aromatic carbocycles. The van der Waals surface area contributed by atoms with Crippen molar-refractivity contribution in [1.29, 1.82) is 0 Å². The molecule has 0 fully saturated rings. The Balaban J connectivity index is 1.63. The van der Waals surface area contributed by atoms with Crippen LogP contribution in [0, 0.1) is 6.92 Å². The first-order valence-electron chi connectivity index (χ1n) is 10.1. The van der Waals surface area contributed by atoms with E-state index in [1.807, 2.05) is 79.7 Å². The van der Waals surface area contributed by atoms with Gasteiger partial charge in [-0.1, -0.05) is 35.9 Å². The third-order valence-corrected chi connectivity index (χ3v) is 4.98. The number of aryl methyl sites for hydroxylation is 1. The standard InChI is InChI=1S/C25H24N4O2/c1-18-9-11-21(12-10-18)29-24(25(30)27-15-13-20-7-3-4-14-26-20)17-23(28-29)19-6-5-8-22(16-19)31-2/h3-12,14,16-17H,13,15H2,1-2H3,(H,27,30). The molecule has 31 heavy (non-hydrogen) atoms. The number of methoxy groups -OCH3 is 1. The Hall–Kier alpha value is -3.93. The van der Waals surface area contributed by atoms with Crippen LogP contribution in [0.3, 0.4) is 0 Å². The lowest BCUT2D eigenvalue weighted by Crippen LogP contribution is -2.28. The molecule has 0 aliphatic heterocycles. The summed E-state index contributed by atoms with van der Waals surface area (Å²) >= 11 is 0. The van der Waals surface area contributed by atoms with E-state index in [9.17, 15) is 4.79 Å². The van der Waals surface area contributed by atoms with Crippen molar-refractivity contribution in [1.82, 2.24) is 20.1 Å². The quantitative estimate of drug-likeness (QED) is 0.493. The number of pyridine rings is 1. The summed E-state index contributed by atoms with van der Waals surface area (Å²) in [7, 11) is 1.63. The van der Waals surface area contributed by atoms with Gasteiger partial charge in [0.25, 0.3) is 5.91 Å². The Labute approximate surface area is 181 Å². The highest BCUT2D eigenvalue weighted by Gasteiger charge is 2.18. The molecule has 1 N–H and O–H groups in total. The molecule has 4 rings (SSSR count). The van der Waals surface area contributed by atoms with Crippen molar-refractivity contribution >= 4 is 5.91 Å². The zero-order valence-corrected chi connectivity index (χ0v) is 17.6. The number of hydrogen-bond donors (Lipinski definition) is 1. The van der Waals surface area contributed by atoms with Crippen LogP contribution in [-0.4, -0.2) is 34.3 Å². The van der Waals surface area contributed by atoms with E-state index >= 15 is 0 Å². The fraction of sp³-hybridized carbons (Fsp3) is 0.160. The van der Waals surface area contributed by atoms with Gasteiger partial charge in [0, 0.05) is 30.4 Å². The molecular formula is C25H24N4O2. The minimum atomic E-state index is -0.182. The van der Waals surface area contributed by atoms with E-state index in [4.69, 9.17) is 9.84 Å². The van der Waals surface area contributed by atoms with Crippen LogP contribution in [0.25, 0.3) is 16.9 Å². The van der Waals surface area contributed by atoms with Crippen LogP contribution in [0.4, 0.5) is 0 Å². The lowest BCUT2D eigenvalue weighted by Gasteiger charge is -2.08. The van der Waals surface area contributed by atoms with Gasteiger partial charge in [-0.2, -0.15) is 5.10 Å². The number of hydrogen-bond acceptors (Lipinski definition) is 4. The molecule has 0 aliphatic rings. The summed E-state index contributed by atoms with van der Waals surface area (Å²) in [4.78, 5) is 17.3. The van der Waals surface area contributed by atoms with Gasteiger partial charge in [-0.3, -0.25) is 9.78 Å². The van der Waals surface area contributed by atoms with Crippen molar-refractivity contribution in [2.75, 3.05) is 13.7 Å². The number of carbonyl (C=O) groups excluding carboxylic acids is 1. The van der Waals surface area contributed by atoms with E-state index in [2.05, 4.69) is 10.3 Å². The van der Waals surface area contributed by atoms with Gasteiger partial charge < -0.3 is 10.1 Å². The van der Waals surface area contributed by atoms with E-state index < -0.39 is 0 Å². The maximum Gasteiger partial charge on any atom is 0.270 e. The first kappa shape index (κ1) is 20.3. The van der Waals surface area contributed by atoms with Gasteiger partial charge in [0.1, 0.15) is 11.4 Å². The van der Waals surface area contributed by atoms with E-state index in [-0.39, 0.29) is 5.91 Å². The predicted octanol–water partition coefficient (Wildman–Crippen LogP) is 4.22. The number of rotatable bonds is 7. The molecule has 2 aromatic heterocycles. The number of amides is 1. The summed E-state index contributed by atoms with van der Waals surface area (Å²) in [6, 6.07) is 23.2. The SMILES string of the molecule is COc1cccc(-c2cc(C(=O)NCCc3ccccn3)n(-c3ccc(C)cc3)n2)c1. The number of carbonyl (C=O) groups is 1. The third kappa shape index (κ3) is 4.80. The molecule has 2 heterocycles. The molecule has 4 aromatic rings. The molecule has 6 nitrogen and oxygen atoms in total. The fourth-order valence-electron chi connectivity index (χ4n) is 3.29.